The molecule has 3 aliphatic rings. The van der Waals surface area contributed by atoms with Crippen molar-refractivity contribution in [2.75, 3.05) is 49.1 Å². The van der Waals surface area contributed by atoms with Gasteiger partial charge in [-0.25, -0.2) is 0 Å². The number of anilines is 2. The fourth-order valence-corrected chi connectivity index (χ4v) is 4.12. The van der Waals surface area contributed by atoms with E-state index >= 15 is 0 Å². The smallest absolute Gasteiger partial charge is 0.231 e. The number of hydrogen-bond donors (Lipinski definition) is 0. The molecule has 8 heteroatoms. The number of aromatic nitrogens is 3. The topological polar surface area (TPSA) is 57.6 Å². The van der Waals surface area contributed by atoms with Crippen molar-refractivity contribution in [2.45, 2.75) is 51.4 Å². The van der Waals surface area contributed by atoms with Crippen molar-refractivity contribution in [3.63, 3.8) is 0 Å². The van der Waals surface area contributed by atoms with E-state index in [-0.39, 0.29) is 10.8 Å². The van der Waals surface area contributed by atoms with E-state index < -0.39 is 0 Å². The maximum absolute atomic E-state index is 6.22. The van der Waals surface area contributed by atoms with Crippen LogP contribution >= 0.6 is 11.6 Å². The molecular formula is C17H27ClN6O. The average molecular weight is 367 g/mol. The number of ether oxygens (including phenoxy) is 1. The highest BCUT2D eigenvalue weighted by Gasteiger charge is 2.35. The zero-order chi connectivity index (χ0) is 17.6. The van der Waals surface area contributed by atoms with Gasteiger partial charge in [-0.3, -0.25) is 4.90 Å². The maximum Gasteiger partial charge on any atom is 0.231 e. The third-order valence-electron chi connectivity index (χ3n) is 5.42. The summed E-state index contributed by atoms with van der Waals surface area (Å²) in [6.07, 6.45) is 2.85. The standard InChI is InChI=1S/C17H27ClN6O/c1-17(2,3)24-8-6-22(7-9-24)15-19-14(18)20-16(21-15)23-10-12-4-5-13(11-23)25-12/h12-13H,4-11H2,1-3H3. The Morgan fingerprint density at radius 3 is 2.00 bits per heavy atom. The van der Waals surface area contributed by atoms with Gasteiger partial charge in [0.25, 0.3) is 0 Å². The highest BCUT2D eigenvalue weighted by Crippen LogP contribution is 2.29. The van der Waals surface area contributed by atoms with Crippen LogP contribution in [0.1, 0.15) is 33.6 Å². The van der Waals surface area contributed by atoms with Gasteiger partial charge in [-0.05, 0) is 45.2 Å². The minimum absolute atomic E-state index is 0.196. The highest BCUT2D eigenvalue weighted by molar-refractivity contribution is 6.28. The molecule has 7 nitrogen and oxygen atoms in total. The third kappa shape index (κ3) is 3.68. The van der Waals surface area contributed by atoms with Crippen molar-refractivity contribution in [3.05, 3.63) is 5.28 Å². The Morgan fingerprint density at radius 2 is 1.44 bits per heavy atom. The number of nitrogens with zero attached hydrogens (tertiary/aromatic N) is 6. The van der Waals surface area contributed by atoms with E-state index in [4.69, 9.17) is 21.3 Å². The van der Waals surface area contributed by atoms with Gasteiger partial charge >= 0.3 is 0 Å². The summed E-state index contributed by atoms with van der Waals surface area (Å²) in [6.45, 7) is 12.3. The summed E-state index contributed by atoms with van der Waals surface area (Å²) >= 11 is 6.22. The zero-order valence-corrected chi connectivity index (χ0v) is 16.0. The Labute approximate surface area is 154 Å². The number of hydrogen-bond acceptors (Lipinski definition) is 7. The van der Waals surface area contributed by atoms with E-state index in [0.29, 0.717) is 24.1 Å². The zero-order valence-electron chi connectivity index (χ0n) is 15.3. The Morgan fingerprint density at radius 1 is 0.880 bits per heavy atom. The van der Waals surface area contributed by atoms with Crippen LogP contribution in [0.25, 0.3) is 0 Å². The highest BCUT2D eigenvalue weighted by atomic mass is 35.5. The lowest BCUT2D eigenvalue weighted by Crippen LogP contribution is -2.53. The number of piperazine rings is 1. The molecule has 3 saturated heterocycles. The minimum Gasteiger partial charge on any atom is -0.371 e. The SMILES string of the molecule is CC(C)(C)N1CCN(c2nc(Cl)nc(N3CC4CCC(C3)O4)n2)CC1. The molecule has 0 amide bonds. The van der Waals surface area contributed by atoms with Crippen LogP contribution in [-0.4, -0.2) is 76.9 Å². The molecule has 2 unspecified atom stereocenters. The first-order chi connectivity index (χ1) is 11.9. The molecule has 4 rings (SSSR count). The summed E-state index contributed by atoms with van der Waals surface area (Å²) in [5.41, 5.74) is 0.196. The lowest BCUT2D eigenvalue weighted by Gasteiger charge is -2.42. The fraction of sp³-hybridized carbons (Fsp3) is 0.824. The van der Waals surface area contributed by atoms with E-state index in [2.05, 4.69) is 45.4 Å². The third-order valence-corrected chi connectivity index (χ3v) is 5.59. The molecule has 3 fully saturated rings. The van der Waals surface area contributed by atoms with Crippen LogP contribution in [-0.2, 0) is 4.74 Å². The van der Waals surface area contributed by atoms with Gasteiger partial charge in [-0.1, -0.05) is 0 Å². The van der Waals surface area contributed by atoms with E-state index in [9.17, 15) is 0 Å². The maximum atomic E-state index is 6.22. The van der Waals surface area contributed by atoms with Crippen molar-refractivity contribution in [3.8, 4) is 0 Å². The molecule has 0 spiro atoms. The van der Waals surface area contributed by atoms with Gasteiger partial charge in [0, 0.05) is 44.8 Å². The minimum atomic E-state index is 0.196. The Hall–Kier alpha value is -1.18. The molecular weight excluding hydrogens is 340 g/mol. The Balaban J connectivity index is 1.49. The predicted molar refractivity (Wildman–Crippen MR) is 98.5 cm³/mol. The number of halogens is 1. The lowest BCUT2D eigenvalue weighted by molar-refractivity contribution is 0.0299. The van der Waals surface area contributed by atoms with Crippen molar-refractivity contribution >= 4 is 23.5 Å². The van der Waals surface area contributed by atoms with Crippen molar-refractivity contribution in [1.29, 1.82) is 0 Å². The van der Waals surface area contributed by atoms with Crippen molar-refractivity contribution in [2.24, 2.45) is 0 Å². The van der Waals surface area contributed by atoms with Crippen molar-refractivity contribution in [1.82, 2.24) is 19.9 Å². The molecule has 0 radical (unpaired) electrons. The summed E-state index contributed by atoms with van der Waals surface area (Å²) in [6, 6.07) is 0. The van der Waals surface area contributed by atoms with Gasteiger partial charge in [-0.2, -0.15) is 15.0 Å². The quantitative estimate of drug-likeness (QED) is 0.791. The van der Waals surface area contributed by atoms with Crippen molar-refractivity contribution < 1.29 is 4.74 Å². The monoisotopic (exact) mass is 366 g/mol. The van der Waals surface area contributed by atoms with E-state index in [0.717, 1.165) is 52.1 Å². The summed E-state index contributed by atoms with van der Waals surface area (Å²) < 4.78 is 5.91. The van der Waals surface area contributed by atoms with Crippen LogP contribution in [0.5, 0.6) is 0 Å². The number of fused-ring (bicyclic) bond motifs is 2. The summed E-state index contributed by atoms with van der Waals surface area (Å²) in [5.74, 6) is 1.39. The van der Waals surface area contributed by atoms with Crippen LogP contribution in [0.2, 0.25) is 5.28 Å². The normalized spacial score (nSPS) is 27.8. The Kier molecular flexibility index (Phi) is 4.50. The second-order valence-electron chi connectivity index (χ2n) is 8.21. The first-order valence-corrected chi connectivity index (χ1v) is 9.58. The molecule has 2 bridgehead atoms. The molecule has 0 aliphatic carbocycles. The van der Waals surface area contributed by atoms with Crippen LogP contribution in [0.3, 0.4) is 0 Å². The van der Waals surface area contributed by atoms with Gasteiger partial charge in [0.05, 0.1) is 12.2 Å². The summed E-state index contributed by atoms with van der Waals surface area (Å²) in [7, 11) is 0. The predicted octanol–water partition coefficient (Wildman–Crippen LogP) is 1.81. The second-order valence-corrected chi connectivity index (χ2v) is 8.55. The van der Waals surface area contributed by atoms with Crippen LogP contribution in [0.15, 0.2) is 0 Å². The molecule has 0 N–H and O–H groups in total. The molecule has 4 heterocycles. The average Bonchev–Trinajstić information content (AvgIpc) is 2.91. The van der Waals surface area contributed by atoms with Crippen LogP contribution in [0.4, 0.5) is 11.9 Å². The second kappa shape index (κ2) is 6.52. The molecule has 25 heavy (non-hydrogen) atoms. The van der Waals surface area contributed by atoms with Gasteiger partial charge in [0.15, 0.2) is 0 Å². The van der Waals surface area contributed by atoms with Crippen LogP contribution in [0, 0.1) is 0 Å². The molecule has 138 valence electrons. The first-order valence-electron chi connectivity index (χ1n) is 9.20. The van der Waals surface area contributed by atoms with E-state index in [1.54, 1.807) is 0 Å². The summed E-state index contributed by atoms with van der Waals surface area (Å²) in [5, 5.41) is 0.275. The molecule has 0 aromatic carbocycles. The van der Waals surface area contributed by atoms with E-state index in [1.807, 2.05) is 0 Å². The fourth-order valence-electron chi connectivity index (χ4n) is 3.97. The Bertz CT molecular complexity index is 616. The molecule has 1 aromatic heterocycles. The van der Waals surface area contributed by atoms with Gasteiger partial charge in [0.1, 0.15) is 0 Å². The summed E-state index contributed by atoms with van der Waals surface area (Å²) in [4.78, 5) is 20.4. The van der Waals surface area contributed by atoms with Gasteiger partial charge < -0.3 is 14.5 Å². The molecule has 2 atom stereocenters. The molecule has 1 aromatic rings. The number of morpholine rings is 1. The molecule has 3 aliphatic heterocycles. The van der Waals surface area contributed by atoms with Crippen LogP contribution < -0.4 is 9.80 Å². The molecule has 0 saturated carbocycles. The van der Waals surface area contributed by atoms with Gasteiger partial charge in [-0.15, -0.1) is 0 Å². The largest absolute Gasteiger partial charge is 0.371 e. The van der Waals surface area contributed by atoms with E-state index in [1.165, 1.54) is 0 Å². The first kappa shape index (κ1) is 17.2. The lowest BCUT2D eigenvalue weighted by atomic mass is 10.1. The van der Waals surface area contributed by atoms with Gasteiger partial charge in [0.2, 0.25) is 17.2 Å². The number of rotatable bonds is 2.